The molecule has 0 aliphatic carbocycles. The Hall–Kier alpha value is -2.06. The zero-order valence-electron chi connectivity index (χ0n) is 10.1. The highest BCUT2D eigenvalue weighted by Crippen LogP contribution is 2.11. The molecule has 5 heteroatoms. The van der Waals surface area contributed by atoms with Crippen molar-refractivity contribution in [3.8, 4) is 11.8 Å². The van der Waals surface area contributed by atoms with Gasteiger partial charge in [-0.25, -0.2) is 0 Å². The van der Waals surface area contributed by atoms with Gasteiger partial charge in [0.1, 0.15) is 11.8 Å². The van der Waals surface area contributed by atoms with E-state index in [0.717, 1.165) is 31.9 Å². The van der Waals surface area contributed by atoms with Gasteiger partial charge in [0, 0.05) is 0 Å². The van der Waals surface area contributed by atoms with E-state index in [1.165, 1.54) is 0 Å². The van der Waals surface area contributed by atoms with Gasteiger partial charge in [-0.15, -0.1) is 0 Å². The van der Waals surface area contributed by atoms with Crippen molar-refractivity contribution in [1.29, 1.82) is 5.26 Å². The molecule has 0 atom stereocenters. The van der Waals surface area contributed by atoms with Crippen LogP contribution in [0.5, 0.6) is 5.75 Å². The van der Waals surface area contributed by atoms with Crippen LogP contribution in [0.4, 0.5) is 0 Å². The standard InChI is InChI=1S/C13H15N3O2/c14-5-8-18-13-3-1-12(2-4-13)11-15-16-6-9-17-10-7-16/h1-4,11H,6-10H2/b15-11-. The largest absolute Gasteiger partial charge is 0.479 e. The Kier molecular flexibility index (Phi) is 4.56. The summed E-state index contributed by atoms with van der Waals surface area (Å²) >= 11 is 0. The Labute approximate surface area is 106 Å². The van der Waals surface area contributed by atoms with Gasteiger partial charge in [0.25, 0.3) is 0 Å². The predicted octanol–water partition coefficient (Wildman–Crippen LogP) is 1.26. The van der Waals surface area contributed by atoms with Gasteiger partial charge < -0.3 is 9.47 Å². The van der Waals surface area contributed by atoms with Gasteiger partial charge >= 0.3 is 0 Å². The molecule has 1 saturated heterocycles. The molecule has 0 N–H and O–H groups in total. The molecular weight excluding hydrogens is 230 g/mol. The zero-order chi connectivity index (χ0) is 12.6. The first-order chi connectivity index (χ1) is 8.88. The number of hydrogen-bond acceptors (Lipinski definition) is 5. The third kappa shape index (κ3) is 3.75. The highest BCUT2D eigenvalue weighted by atomic mass is 16.5. The number of hydrogen-bond donors (Lipinski definition) is 0. The molecule has 0 saturated carbocycles. The Morgan fingerprint density at radius 3 is 2.72 bits per heavy atom. The van der Waals surface area contributed by atoms with Crippen molar-refractivity contribution in [2.45, 2.75) is 0 Å². The summed E-state index contributed by atoms with van der Waals surface area (Å²) in [5.41, 5.74) is 1.01. The molecule has 2 rings (SSSR count). The quantitative estimate of drug-likeness (QED) is 0.749. The zero-order valence-corrected chi connectivity index (χ0v) is 10.1. The van der Waals surface area contributed by atoms with Crippen LogP contribution in [-0.2, 0) is 4.74 Å². The van der Waals surface area contributed by atoms with E-state index in [0.29, 0.717) is 5.75 Å². The first-order valence-corrected chi connectivity index (χ1v) is 5.85. The van der Waals surface area contributed by atoms with Crippen LogP contribution in [0.3, 0.4) is 0 Å². The molecule has 0 spiro atoms. The van der Waals surface area contributed by atoms with Crippen LogP contribution in [0.2, 0.25) is 0 Å². The van der Waals surface area contributed by atoms with Crippen molar-refractivity contribution in [2.24, 2.45) is 5.10 Å². The van der Waals surface area contributed by atoms with Crippen LogP contribution in [0, 0.1) is 11.3 Å². The summed E-state index contributed by atoms with van der Waals surface area (Å²) in [6.07, 6.45) is 1.82. The molecule has 94 valence electrons. The molecule has 0 aromatic heterocycles. The van der Waals surface area contributed by atoms with Crippen LogP contribution >= 0.6 is 0 Å². The van der Waals surface area contributed by atoms with Crippen LogP contribution in [0.1, 0.15) is 5.56 Å². The van der Waals surface area contributed by atoms with Gasteiger partial charge in [-0.2, -0.15) is 10.4 Å². The maximum Gasteiger partial charge on any atom is 0.174 e. The molecule has 0 radical (unpaired) electrons. The minimum atomic E-state index is 0.0706. The van der Waals surface area contributed by atoms with Gasteiger partial charge in [0.05, 0.1) is 32.5 Å². The summed E-state index contributed by atoms with van der Waals surface area (Å²) in [4.78, 5) is 0. The molecule has 1 aliphatic heterocycles. The van der Waals surface area contributed by atoms with E-state index in [-0.39, 0.29) is 6.61 Å². The lowest BCUT2D eigenvalue weighted by Gasteiger charge is -2.23. The fraction of sp³-hybridized carbons (Fsp3) is 0.385. The fourth-order valence-corrected chi connectivity index (χ4v) is 1.58. The summed E-state index contributed by atoms with van der Waals surface area (Å²) in [5, 5.41) is 14.8. The van der Waals surface area contributed by atoms with E-state index < -0.39 is 0 Å². The predicted molar refractivity (Wildman–Crippen MR) is 67.5 cm³/mol. The summed E-state index contributed by atoms with van der Waals surface area (Å²) in [5.74, 6) is 0.695. The van der Waals surface area contributed by atoms with E-state index in [1.807, 2.05) is 41.6 Å². The van der Waals surface area contributed by atoms with Crippen molar-refractivity contribution in [3.05, 3.63) is 29.8 Å². The lowest BCUT2D eigenvalue weighted by molar-refractivity contribution is 0.0397. The smallest absolute Gasteiger partial charge is 0.174 e. The molecule has 5 nitrogen and oxygen atoms in total. The van der Waals surface area contributed by atoms with E-state index in [2.05, 4.69) is 5.10 Å². The van der Waals surface area contributed by atoms with Crippen LogP contribution in [-0.4, -0.2) is 44.1 Å². The summed E-state index contributed by atoms with van der Waals surface area (Å²) in [7, 11) is 0. The monoisotopic (exact) mass is 245 g/mol. The number of hydrazone groups is 1. The molecular formula is C13H15N3O2. The van der Waals surface area contributed by atoms with Crippen molar-refractivity contribution < 1.29 is 9.47 Å². The van der Waals surface area contributed by atoms with Gasteiger partial charge in [0.15, 0.2) is 6.61 Å². The second-order valence-corrected chi connectivity index (χ2v) is 3.83. The number of rotatable bonds is 4. The summed E-state index contributed by atoms with van der Waals surface area (Å²) < 4.78 is 10.4. The molecule has 0 amide bonds. The average molecular weight is 245 g/mol. The number of ether oxygens (including phenoxy) is 2. The van der Waals surface area contributed by atoms with Gasteiger partial charge in [0.2, 0.25) is 0 Å². The lowest BCUT2D eigenvalue weighted by Crippen LogP contribution is -2.32. The topological polar surface area (TPSA) is 57.8 Å². The number of nitrogens with zero attached hydrogens (tertiary/aromatic N) is 3. The van der Waals surface area contributed by atoms with Crippen molar-refractivity contribution in [3.63, 3.8) is 0 Å². The Balaban J connectivity index is 1.89. The van der Waals surface area contributed by atoms with E-state index >= 15 is 0 Å². The molecule has 0 unspecified atom stereocenters. The lowest BCUT2D eigenvalue weighted by atomic mass is 10.2. The van der Waals surface area contributed by atoms with E-state index in [4.69, 9.17) is 14.7 Å². The van der Waals surface area contributed by atoms with Gasteiger partial charge in [-0.3, -0.25) is 5.01 Å². The minimum absolute atomic E-state index is 0.0706. The summed E-state index contributed by atoms with van der Waals surface area (Å²) in [6.45, 7) is 3.21. The summed E-state index contributed by atoms with van der Waals surface area (Å²) in [6, 6.07) is 9.42. The third-order valence-electron chi connectivity index (χ3n) is 2.54. The molecule has 18 heavy (non-hydrogen) atoms. The minimum Gasteiger partial charge on any atom is -0.479 e. The second-order valence-electron chi connectivity index (χ2n) is 3.83. The molecule has 1 aromatic carbocycles. The van der Waals surface area contributed by atoms with Gasteiger partial charge in [-0.05, 0) is 29.8 Å². The average Bonchev–Trinajstić information content (AvgIpc) is 2.45. The Bertz CT molecular complexity index is 431. The van der Waals surface area contributed by atoms with Crippen LogP contribution in [0.15, 0.2) is 29.4 Å². The molecule has 1 heterocycles. The Morgan fingerprint density at radius 1 is 1.33 bits per heavy atom. The van der Waals surface area contributed by atoms with Crippen LogP contribution in [0.25, 0.3) is 0 Å². The van der Waals surface area contributed by atoms with E-state index in [9.17, 15) is 0 Å². The molecule has 1 fully saturated rings. The Morgan fingerprint density at radius 2 is 2.06 bits per heavy atom. The maximum absolute atomic E-state index is 8.40. The normalized spacial score (nSPS) is 15.6. The molecule has 0 bridgehead atoms. The SMILES string of the molecule is N#CCOc1ccc(/C=N\N2CCOCC2)cc1. The van der Waals surface area contributed by atoms with E-state index in [1.54, 1.807) is 0 Å². The number of morpholine rings is 1. The highest BCUT2D eigenvalue weighted by Gasteiger charge is 2.06. The first-order valence-electron chi connectivity index (χ1n) is 5.85. The molecule has 1 aromatic rings. The maximum atomic E-state index is 8.40. The van der Waals surface area contributed by atoms with Crippen LogP contribution < -0.4 is 4.74 Å². The fourth-order valence-electron chi connectivity index (χ4n) is 1.58. The van der Waals surface area contributed by atoms with Crippen molar-refractivity contribution in [1.82, 2.24) is 5.01 Å². The number of nitriles is 1. The highest BCUT2D eigenvalue weighted by molar-refractivity contribution is 5.79. The van der Waals surface area contributed by atoms with Crippen molar-refractivity contribution >= 4 is 6.21 Å². The number of benzene rings is 1. The first kappa shape index (κ1) is 12.4. The second kappa shape index (κ2) is 6.62. The molecule has 1 aliphatic rings. The van der Waals surface area contributed by atoms with Crippen molar-refractivity contribution in [2.75, 3.05) is 32.9 Å². The van der Waals surface area contributed by atoms with Gasteiger partial charge in [-0.1, -0.05) is 0 Å². The third-order valence-corrected chi connectivity index (χ3v) is 2.54.